The third-order valence-electron chi connectivity index (χ3n) is 3.81. The van der Waals surface area contributed by atoms with E-state index in [0.717, 1.165) is 30.3 Å². The maximum atomic E-state index is 11.6. The van der Waals surface area contributed by atoms with Crippen molar-refractivity contribution in [3.63, 3.8) is 0 Å². The third kappa shape index (κ3) is 4.86. The zero-order valence-electron chi connectivity index (χ0n) is 11.8. The van der Waals surface area contributed by atoms with Crippen molar-refractivity contribution in [3.05, 3.63) is 34.3 Å². The van der Waals surface area contributed by atoms with Gasteiger partial charge in [-0.25, -0.2) is 8.42 Å². The summed E-state index contributed by atoms with van der Waals surface area (Å²) in [6, 6.07) is 8.68. The zero-order chi connectivity index (χ0) is 14.6. The van der Waals surface area contributed by atoms with Crippen molar-refractivity contribution in [1.29, 1.82) is 0 Å². The van der Waals surface area contributed by atoms with E-state index in [9.17, 15) is 8.42 Å². The molecule has 0 aliphatic carbocycles. The summed E-state index contributed by atoms with van der Waals surface area (Å²) in [5.74, 6) is 1.05. The highest BCUT2D eigenvalue weighted by atomic mass is 79.9. The molecule has 20 heavy (non-hydrogen) atoms. The van der Waals surface area contributed by atoms with Gasteiger partial charge in [-0.1, -0.05) is 35.0 Å². The highest BCUT2D eigenvalue weighted by Crippen LogP contribution is 2.24. The van der Waals surface area contributed by atoms with E-state index in [-0.39, 0.29) is 0 Å². The molecule has 0 radical (unpaired) electrons. The topological polar surface area (TPSA) is 46.2 Å². The molecule has 1 N–H and O–H groups in total. The molecule has 0 saturated carbocycles. The smallest absolute Gasteiger partial charge is 0.150 e. The highest BCUT2D eigenvalue weighted by Gasteiger charge is 2.29. The van der Waals surface area contributed by atoms with Crippen molar-refractivity contribution in [3.8, 4) is 0 Å². The molecule has 3 nitrogen and oxygen atoms in total. The average Bonchev–Trinajstić information content (AvgIpc) is 2.69. The Bertz CT molecular complexity index is 545. The molecule has 1 aromatic carbocycles. The molecule has 2 atom stereocenters. The molecule has 1 fully saturated rings. The van der Waals surface area contributed by atoms with Gasteiger partial charge in [0.25, 0.3) is 0 Å². The van der Waals surface area contributed by atoms with Crippen LogP contribution >= 0.6 is 15.9 Å². The summed E-state index contributed by atoms with van der Waals surface area (Å²) < 4.78 is 24.2. The molecule has 2 unspecified atom stereocenters. The highest BCUT2D eigenvalue weighted by molar-refractivity contribution is 9.10. The van der Waals surface area contributed by atoms with Crippen LogP contribution in [0.5, 0.6) is 0 Å². The second kappa shape index (κ2) is 7.05. The molecule has 1 saturated heterocycles. The molecule has 0 spiro atoms. The number of halogens is 1. The second-order valence-electron chi connectivity index (χ2n) is 5.59. The molecule has 1 aromatic rings. The van der Waals surface area contributed by atoms with E-state index in [0.29, 0.717) is 23.5 Å². The van der Waals surface area contributed by atoms with Crippen LogP contribution in [0.1, 0.15) is 25.3 Å². The van der Waals surface area contributed by atoms with Crippen molar-refractivity contribution in [2.45, 2.75) is 32.2 Å². The molecule has 0 aromatic heterocycles. The maximum Gasteiger partial charge on any atom is 0.150 e. The Labute approximate surface area is 130 Å². The number of benzene rings is 1. The standard InChI is InChI=1S/C15H22BrNO2S/c1-2-17-15(9-12-4-3-5-14(16)8-12)10-13-6-7-20(18,19)11-13/h3-5,8,13,15,17H,2,6-7,9-11H2,1H3. The van der Waals surface area contributed by atoms with E-state index in [1.54, 1.807) is 0 Å². The lowest BCUT2D eigenvalue weighted by atomic mass is 9.94. The van der Waals surface area contributed by atoms with E-state index < -0.39 is 9.84 Å². The fraction of sp³-hybridized carbons (Fsp3) is 0.600. The first-order valence-electron chi connectivity index (χ1n) is 7.17. The number of nitrogens with one attached hydrogen (secondary N) is 1. The van der Waals surface area contributed by atoms with Crippen molar-refractivity contribution >= 4 is 25.8 Å². The van der Waals surface area contributed by atoms with E-state index in [2.05, 4.69) is 40.3 Å². The first-order chi connectivity index (χ1) is 9.48. The predicted octanol–water partition coefficient (Wildman–Crippen LogP) is 2.79. The largest absolute Gasteiger partial charge is 0.314 e. The lowest BCUT2D eigenvalue weighted by Gasteiger charge is -2.21. The minimum absolute atomic E-state index is 0.316. The first-order valence-corrected chi connectivity index (χ1v) is 9.78. The van der Waals surface area contributed by atoms with Crippen LogP contribution in [-0.4, -0.2) is 32.5 Å². The Balaban J connectivity index is 1.97. The van der Waals surface area contributed by atoms with E-state index in [1.165, 1.54) is 5.56 Å². The Hall–Kier alpha value is -0.390. The molecule has 0 bridgehead atoms. The van der Waals surface area contributed by atoms with Gasteiger partial charge in [-0.15, -0.1) is 0 Å². The monoisotopic (exact) mass is 359 g/mol. The van der Waals surface area contributed by atoms with Gasteiger partial charge in [-0.3, -0.25) is 0 Å². The summed E-state index contributed by atoms with van der Waals surface area (Å²) in [6.45, 7) is 3.01. The van der Waals surface area contributed by atoms with Gasteiger partial charge in [-0.2, -0.15) is 0 Å². The van der Waals surface area contributed by atoms with Crippen molar-refractivity contribution in [1.82, 2.24) is 5.32 Å². The van der Waals surface area contributed by atoms with E-state index >= 15 is 0 Å². The van der Waals surface area contributed by atoms with Crippen molar-refractivity contribution in [2.75, 3.05) is 18.1 Å². The molecular weight excluding hydrogens is 338 g/mol. The maximum absolute atomic E-state index is 11.6. The van der Waals surface area contributed by atoms with Gasteiger partial charge in [0.2, 0.25) is 0 Å². The van der Waals surface area contributed by atoms with Crippen LogP contribution in [0.25, 0.3) is 0 Å². The van der Waals surface area contributed by atoms with Crippen LogP contribution in [0.3, 0.4) is 0 Å². The van der Waals surface area contributed by atoms with Crippen LogP contribution in [0.15, 0.2) is 28.7 Å². The van der Waals surface area contributed by atoms with E-state index in [1.807, 2.05) is 12.1 Å². The van der Waals surface area contributed by atoms with Crippen molar-refractivity contribution in [2.24, 2.45) is 5.92 Å². The molecule has 0 amide bonds. The van der Waals surface area contributed by atoms with Crippen LogP contribution in [0, 0.1) is 5.92 Å². The van der Waals surface area contributed by atoms with Gasteiger partial charge >= 0.3 is 0 Å². The first kappa shape index (κ1) is 16.0. The SMILES string of the molecule is CCNC(Cc1cccc(Br)c1)CC1CCS(=O)(=O)C1. The molecular formula is C15H22BrNO2S. The number of likely N-dealkylation sites (N-methyl/N-ethyl adjacent to an activating group) is 1. The fourth-order valence-electron chi connectivity index (χ4n) is 2.94. The van der Waals surface area contributed by atoms with Gasteiger partial charge in [0.15, 0.2) is 9.84 Å². The molecule has 112 valence electrons. The molecule has 1 aliphatic rings. The van der Waals surface area contributed by atoms with Crippen molar-refractivity contribution < 1.29 is 8.42 Å². The summed E-state index contributed by atoms with van der Waals surface area (Å²) in [5, 5.41) is 3.49. The van der Waals surface area contributed by atoms with Gasteiger partial charge in [-0.05, 0) is 49.4 Å². The molecule has 1 heterocycles. The summed E-state index contributed by atoms with van der Waals surface area (Å²) in [4.78, 5) is 0. The predicted molar refractivity (Wildman–Crippen MR) is 86.7 cm³/mol. The third-order valence-corrected chi connectivity index (χ3v) is 6.14. The number of hydrogen-bond acceptors (Lipinski definition) is 3. The Morgan fingerprint density at radius 3 is 2.85 bits per heavy atom. The molecule has 1 aliphatic heterocycles. The summed E-state index contributed by atoms with van der Waals surface area (Å²) in [7, 11) is -2.77. The normalized spacial score (nSPS) is 22.8. The average molecular weight is 360 g/mol. The van der Waals surface area contributed by atoms with Crippen LogP contribution in [0.2, 0.25) is 0 Å². The van der Waals surface area contributed by atoms with Crippen LogP contribution in [-0.2, 0) is 16.3 Å². The van der Waals surface area contributed by atoms with E-state index in [4.69, 9.17) is 0 Å². The fourth-order valence-corrected chi connectivity index (χ4v) is 5.26. The molecule has 5 heteroatoms. The molecule has 2 rings (SSSR count). The van der Waals surface area contributed by atoms with Gasteiger partial charge in [0, 0.05) is 10.5 Å². The Morgan fingerprint density at radius 2 is 2.25 bits per heavy atom. The van der Waals surface area contributed by atoms with Crippen LogP contribution in [0.4, 0.5) is 0 Å². The second-order valence-corrected chi connectivity index (χ2v) is 8.74. The minimum Gasteiger partial charge on any atom is -0.314 e. The zero-order valence-corrected chi connectivity index (χ0v) is 14.2. The van der Waals surface area contributed by atoms with Gasteiger partial charge in [0.05, 0.1) is 11.5 Å². The quantitative estimate of drug-likeness (QED) is 0.849. The minimum atomic E-state index is -2.77. The lowest BCUT2D eigenvalue weighted by molar-refractivity contribution is 0.409. The summed E-state index contributed by atoms with van der Waals surface area (Å²) >= 11 is 3.49. The summed E-state index contributed by atoms with van der Waals surface area (Å²) in [6.07, 6.45) is 2.71. The number of rotatable bonds is 6. The Morgan fingerprint density at radius 1 is 1.45 bits per heavy atom. The summed E-state index contributed by atoms with van der Waals surface area (Å²) in [5.41, 5.74) is 1.28. The van der Waals surface area contributed by atoms with Gasteiger partial charge < -0.3 is 5.32 Å². The number of hydrogen-bond donors (Lipinski definition) is 1. The lowest BCUT2D eigenvalue weighted by Crippen LogP contribution is -2.33. The number of sulfone groups is 1. The Kier molecular flexibility index (Phi) is 5.64. The van der Waals surface area contributed by atoms with Crippen LogP contribution < -0.4 is 5.32 Å². The van der Waals surface area contributed by atoms with Gasteiger partial charge in [0.1, 0.15) is 0 Å².